The van der Waals surface area contributed by atoms with E-state index < -0.39 is 9.84 Å². The molecule has 24 heavy (non-hydrogen) atoms. The molecular weight excluding hydrogens is 328 g/mol. The monoisotopic (exact) mass is 350 g/mol. The van der Waals surface area contributed by atoms with Crippen LogP contribution in [0.25, 0.3) is 0 Å². The quantitative estimate of drug-likeness (QED) is 0.876. The lowest BCUT2D eigenvalue weighted by Gasteiger charge is -2.35. The van der Waals surface area contributed by atoms with Gasteiger partial charge in [0.2, 0.25) is 0 Å². The summed E-state index contributed by atoms with van der Waals surface area (Å²) in [5.74, 6) is 1.09. The summed E-state index contributed by atoms with van der Waals surface area (Å²) in [5, 5.41) is 2.91. The smallest absolute Gasteiger partial charge is 0.317 e. The normalized spacial score (nSPS) is 26.0. The second-order valence-corrected chi connectivity index (χ2v) is 9.44. The molecule has 4 rings (SSSR count). The van der Waals surface area contributed by atoms with Crippen LogP contribution in [0.4, 0.5) is 4.79 Å². The fraction of sp³-hybridized carbons (Fsp3) is 0.588. The third kappa shape index (κ3) is 2.75. The predicted molar refractivity (Wildman–Crippen MR) is 89.9 cm³/mol. The first kappa shape index (κ1) is 15.7. The van der Waals surface area contributed by atoms with E-state index in [4.69, 9.17) is 4.74 Å². The van der Waals surface area contributed by atoms with Gasteiger partial charge in [-0.2, -0.15) is 0 Å². The van der Waals surface area contributed by atoms with Gasteiger partial charge in [0.25, 0.3) is 0 Å². The molecule has 0 bridgehead atoms. The Labute approximate surface area is 142 Å². The Kier molecular flexibility index (Phi) is 3.53. The zero-order valence-corrected chi connectivity index (χ0v) is 14.6. The Morgan fingerprint density at radius 3 is 2.79 bits per heavy atom. The molecule has 1 unspecified atom stereocenters. The number of urea groups is 1. The van der Waals surface area contributed by atoms with Crippen molar-refractivity contribution in [2.45, 2.75) is 37.3 Å². The highest BCUT2D eigenvalue weighted by molar-refractivity contribution is 7.91. The van der Waals surface area contributed by atoms with Crippen molar-refractivity contribution < 1.29 is 17.9 Å². The number of fused-ring (bicyclic) bond motifs is 2. The number of sulfone groups is 1. The number of carbonyl (C=O) groups excluding carboxylic acids is 1. The summed E-state index contributed by atoms with van der Waals surface area (Å²) in [7, 11) is -1.32. The molecule has 2 amide bonds. The lowest BCUT2D eigenvalue weighted by atomic mass is 9.87. The number of benzene rings is 1. The van der Waals surface area contributed by atoms with Crippen LogP contribution in [0.1, 0.15) is 30.4 Å². The molecule has 7 heteroatoms. The van der Waals surface area contributed by atoms with Crippen molar-refractivity contribution >= 4 is 15.9 Å². The maximum Gasteiger partial charge on any atom is 0.317 e. The summed E-state index contributed by atoms with van der Waals surface area (Å²) in [5.41, 5.74) is 2.52. The lowest BCUT2D eigenvalue weighted by Crippen LogP contribution is -2.49. The molecule has 1 aromatic rings. The van der Waals surface area contributed by atoms with Crippen LogP contribution in [-0.4, -0.2) is 50.6 Å². The summed E-state index contributed by atoms with van der Waals surface area (Å²) in [4.78, 5) is 14.4. The largest absolute Gasteiger partial charge is 0.497 e. The topological polar surface area (TPSA) is 75.7 Å². The molecule has 6 nitrogen and oxygen atoms in total. The molecule has 2 fully saturated rings. The molecule has 2 heterocycles. The van der Waals surface area contributed by atoms with Crippen LogP contribution in [-0.2, 0) is 21.8 Å². The Morgan fingerprint density at radius 2 is 2.17 bits per heavy atom. The average Bonchev–Trinajstić information content (AvgIpc) is 3.23. The predicted octanol–water partition coefficient (Wildman–Crippen LogP) is 1.44. The van der Waals surface area contributed by atoms with Gasteiger partial charge in [0, 0.05) is 24.5 Å². The van der Waals surface area contributed by atoms with E-state index in [1.807, 2.05) is 17.0 Å². The van der Waals surface area contributed by atoms with Crippen molar-refractivity contribution in [2.24, 2.45) is 0 Å². The SMILES string of the molecule is COc1ccc2c(c1)C1(CC1)CN(C(=O)NC1CCS(=O)(=O)C1)C2. The Hall–Kier alpha value is -1.76. The second-order valence-electron chi connectivity index (χ2n) is 7.21. The first-order valence-corrected chi connectivity index (χ1v) is 10.2. The summed E-state index contributed by atoms with van der Waals surface area (Å²) in [6.45, 7) is 1.25. The molecule has 1 atom stereocenters. The van der Waals surface area contributed by atoms with Gasteiger partial charge in [-0.15, -0.1) is 0 Å². The van der Waals surface area contributed by atoms with Gasteiger partial charge in [-0.1, -0.05) is 6.07 Å². The van der Waals surface area contributed by atoms with Crippen molar-refractivity contribution in [1.29, 1.82) is 0 Å². The van der Waals surface area contributed by atoms with Gasteiger partial charge in [-0.05, 0) is 42.5 Å². The molecule has 1 aliphatic carbocycles. The van der Waals surface area contributed by atoms with E-state index in [1.165, 1.54) is 5.56 Å². The third-order valence-corrected chi connectivity index (χ3v) is 7.21. The van der Waals surface area contributed by atoms with Crippen LogP contribution in [0, 0.1) is 0 Å². The zero-order valence-electron chi connectivity index (χ0n) is 13.7. The van der Waals surface area contributed by atoms with Gasteiger partial charge in [-0.25, -0.2) is 13.2 Å². The van der Waals surface area contributed by atoms with Crippen LogP contribution in [0.5, 0.6) is 5.75 Å². The van der Waals surface area contributed by atoms with Crippen LogP contribution < -0.4 is 10.1 Å². The fourth-order valence-electron chi connectivity index (χ4n) is 3.92. The summed E-state index contributed by atoms with van der Waals surface area (Å²) in [6, 6.07) is 5.66. The summed E-state index contributed by atoms with van der Waals surface area (Å²) < 4.78 is 28.5. The average molecular weight is 350 g/mol. The highest BCUT2D eigenvalue weighted by atomic mass is 32.2. The Bertz CT molecular complexity index is 786. The lowest BCUT2D eigenvalue weighted by molar-refractivity contribution is 0.180. The summed E-state index contributed by atoms with van der Waals surface area (Å²) >= 11 is 0. The van der Waals surface area contributed by atoms with Crippen LogP contribution >= 0.6 is 0 Å². The molecule has 1 aromatic carbocycles. The minimum Gasteiger partial charge on any atom is -0.497 e. The van der Waals surface area contributed by atoms with E-state index >= 15 is 0 Å². The first-order valence-electron chi connectivity index (χ1n) is 8.34. The number of hydrogen-bond donors (Lipinski definition) is 1. The second kappa shape index (κ2) is 5.37. The third-order valence-electron chi connectivity index (χ3n) is 5.44. The van der Waals surface area contributed by atoms with E-state index in [2.05, 4.69) is 11.4 Å². The van der Waals surface area contributed by atoms with E-state index in [-0.39, 0.29) is 29.0 Å². The molecule has 0 aromatic heterocycles. The number of amides is 2. The number of hydrogen-bond acceptors (Lipinski definition) is 4. The number of methoxy groups -OCH3 is 1. The zero-order chi connectivity index (χ0) is 16.9. The van der Waals surface area contributed by atoms with Gasteiger partial charge < -0.3 is 15.0 Å². The first-order chi connectivity index (χ1) is 11.4. The number of ether oxygens (including phenoxy) is 1. The molecular formula is C17H22N2O4S. The molecule has 130 valence electrons. The molecule has 0 radical (unpaired) electrons. The van der Waals surface area contributed by atoms with Gasteiger partial charge in [0.15, 0.2) is 9.84 Å². The van der Waals surface area contributed by atoms with Gasteiger partial charge in [0.05, 0.1) is 18.6 Å². The van der Waals surface area contributed by atoms with Crippen LogP contribution in [0.15, 0.2) is 18.2 Å². The molecule has 1 spiro atoms. The van der Waals surface area contributed by atoms with Crippen LogP contribution in [0.3, 0.4) is 0 Å². The molecule has 1 saturated heterocycles. The number of nitrogens with one attached hydrogen (secondary N) is 1. The maximum atomic E-state index is 12.6. The molecule has 1 N–H and O–H groups in total. The van der Waals surface area contributed by atoms with E-state index in [0.29, 0.717) is 19.5 Å². The fourth-order valence-corrected chi connectivity index (χ4v) is 5.60. The van der Waals surface area contributed by atoms with E-state index in [9.17, 15) is 13.2 Å². The highest BCUT2D eigenvalue weighted by Gasteiger charge is 2.50. The number of nitrogens with zero attached hydrogens (tertiary/aromatic N) is 1. The van der Waals surface area contributed by atoms with Crippen LogP contribution in [0.2, 0.25) is 0 Å². The van der Waals surface area contributed by atoms with Gasteiger partial charge in [-0.3, -0.25) is 0 Å². The summed E-state index contributed by atoms with van der Waals surface area (Å²) in [6.07, 6.45) is 2.67. The number of rotatable bonds is 2. The van der Waals surface area contributed by atoms with E-state index in [1.54, 1.807) is 7.11 Å². The maximum absolute atomic E-state index is 12.6. The van der Waals surface area contributed by atoms with Crippen molar-refractivity contribution in [3.63, 3.8) is 0 Å². The molecule has 3 aliphatic rings. The highest BCUT2D eigenvalue weighted by Crippen LogP contribution is 2.53. The van der Waals surface area contributed by atoms with Crippen molar-refractivity contribution in [1.82, 2.24) is 10.2 Å². The molecule has 1 saturated carbocycles. The van der Waals surface area contributed by atoms with Crippen molar-refractivity contribution in [2.75, 3.05) is 25.2 Å². The van der Waals surface area contributed by atoms with Crippen molar-refractivity contribution in [3.05, 3.63) is 29.3 Å². The van der Waals surface area contributed by atoms with E-state index in [0.717, 1.165) is 24.2 Å². The van der Waals surface area contributed by atoms with Gasteiger partial charge in [0.1, 0.15) is 5.75 Å². The minimum absolute atomic E-state index is 0.0568. The standard InChI is InChI=1S/C17H22N2O4S/c1-23-14-3-2-12-9-19(11-17(5-6-17)15(12)8-14)16(20)18-13-4-7-24(21,22)10-13/h2-3,8,13H,4-7,9-11H2,1H3,(H,18,20). The Morgan fingerprint density at radius 1 is 1.38 bits per heavy atom. The molecule has 2 aliphatic heterocycles. The van der Waals surface area contributed by atoms with Gasteiger partial charge >= 0.3 is 6.03 Å². The Balaban J connectivity index is 1.51. The van der Waals surface area contributed by atoms with Crippen molar-refractivity contribution in [3.8, 4) is 5.75 Å². The number of carbonyl (C=O) groups is 1. The minimum atomic E-state index is -2.99.